The number of nitrogens with one attached hydrogen (secondary N) is 1. The number of ether oxygens (including phenoxy) is 1. The van der Waals surface area contributed by atoms with Gasteiger partial charge in [0.15, 0.2) is 5.76 Å². The molecule has 0 saturated carbocycles. The van der Waals surface area contributed by atoms with Gasteiger partial charge in [-0.3, -0.25) is 4.79 Å². The summed E-state index contributed by atoms with van der Waals surface area (Å²) in [6.07, 6.45) is 0.564. The quantitative estimate of drug-likeness (QED) is 0.789. The summed E-state index contributed by atoms with van der Waals surface area (Å²) < 4.78 is 10.0. The second-order valence-electron chi connectivity index (χ2n) is 6.00. The zero-order valence-corrected chi connectivity index (χ0v) is 14.1. The number of carbonyl (C=O) groups excluding carboxylic acids is 2. The van der Waals surface area contributed by atoms with Crippen molar-refractivity contribution in [1.82, 2.24) is 10.5 Å². The van der Waals surface area contributed by atoms with E-state index in [2.05, 4.69) is 10.5 Å². The maximum Gasteiger partial charge on any atom is 0.328 e. The molecule has 6 nitrogen and oxygen atoms in total. The van der Waals surface area contributed by atoms with E-state index < -0.39 is 12.0 Å². The van der Waals surface area contributed by atoms with Crippen LogP contribution >= 0.6 is 0 Å². The molecule has 1 aromatic carbocycles. The monoisotopic (exact) mass is 330 g/mol. The Morgan fingerprint density at radius 1 is 1.25 bits per heavy atom. The summed E-state index contributed by atoms with van der Waals surface area (Å²) in [5.41, 5.74) is 1.41. The van der Waals surface area contributed by atoms with Crippen LogP contribution in [0.25, 0.3) is 11.3 Å². The fourth-order valence-corrected chi connectivity index (χ4v) is 2.37. The van der Waals surface area contributed by atoms with Crippen molar-refractivity contribution in [3.05, 3.63) is 42.1 Å². The van der Waals surface area contributed by atoms with Gasteiger partial charge in [0.1, 0.15) is 6.04 Å². The normalized spacial score (nSPS) is 12.0. The summed E-state index contributed by atoms with van der Waals surface area (Å²) in [4.78, 5) is 23.9. The molecular formula is C18H22N2O4. The molecule has 1 atom stereocenters. The zero-order chi connectivity index (χ0) is 17.5. The number of methoxy groups -OCH3 is 1. The zero-order valence-electron chi connectivity index (χ0n) is 14.1. The third kappa shape index (κ3) is 4.94. The first-order valence-corrected chi connectivity index (χ1v) is 7.87. The lowest BCUT2D eigenvalue weighted by Gasteiger charge is -2.17. The second kappa shape index (κ2) is 8.29. The van der Waals surface area contributed by atoms with E-state index in [0.717, 1.165) is 5.56 Å². The molecule has 0 bridgehead atoms. The van der Waals surface area contributed by atoms with Gasteiger partial charge >= 0.3 is 5.97 Å². The van der Waals surface area contributed by atoms with Crippen molar-refractivity contribution in [2.24, 2.45) is 5.92 Å². The van der Waals surface area contributed by atoms with Crippen LogP contribution in [0.1, 0.15) is 26.0 Å². The molecule has 1 N–H and O–H groups in total. The standard InChI is InChI=1S/C18H22N2O4/c1-12(2)9-15(18(22)23-3)19-17(21)11-14-10-16(24-20-14)13-7-5-4-6-8-13/h4-8,10,12,15H,9,11H2,1-3H3,(H,19,21)/t15-/m1/s1. The third-order valence-electron chi connectivity index (χ3n) is 3.49. The lowest BCUT2D eigenvalue weighted by molar-refractivity contribution is -0.145. The van der Waals surface area contributed by atoms with E-state index >= 15 is 0 Å². The van der Waals surface area contributed by atoms with Gasteiger partial charge in [-0.1, -0.05) is 49.3 Å². The van der Waals surface area contributed by atoms with Crippen LogP contribution in [0.15, 0.2) is 40.9 Å². The van der Waals surface area contributed by atoms with Crippen LogP contribution in [0.4, 0.5) is 0 Å². The first-order valence-electron chi connectivity index (χ1n) is 7.87. The SMILES string of the molecule is COC(=O)[C@@H](CC(C)C)NC(=O)Cc1cc(-c2ccccc2)on1. The Balaban J connectivity index is 1.99. The van der Waals surface area contributed by atoms with Crippen molar-refractivity contribution >= 4 is 11.9 Å². The lowest BCUT2D eigenvalue weighted by atomic mass is 10.0. The predicted octanol–water partition coefficient (Wildman–Crippen LogP) is 2.59. The van der Waals surface area contributed by atoms with Crippen LogP contribution in [0.2, 0.25) is 0 Å². The molecule has 0 aliphatic carbocycles. The minimum Gasteiger partial charge on any atom is -0.467 e. The van der Waals surface area contributed by atoms with E-state index in [-0.39, 0.29) is 18.2 Å². The molecule has 2 aromatic rings. The number of hydrogen-bond acceptors (Lipinski definition) is 5. The Hall–Kier alpha value is -2.63. The number of rotatable bonds is 7. The topological polar surface area (TPSA) is 81.4 Å². The van der Waals surface area contributed by atoms with Crippen LogP contribution in [0.5, 0.6) is 0 Å². The number of nitrogens with zero attached hydrogens (tertiary/aromatic N) is 1. The maximum absolute atomic E-state index is 12.2. The minimum absolute atomic E-state index is 0.0436. The van der Waals surface area contributed by atoms with Crippen molar-refractivity contribution in [2.75, 3.05) is 7.11 Å². The summed E-state index contributed by atoms with van der Waals surface area (Å²) in [5.74, 6) is 0.123. The number of hydrogen-bond donors (Lipinski definition) is 1. The fourth-order valence-electron chi connectivity index (χ4n) is 2.37. The van der Waals surface area contributed by atoms with Gasteiger partial charge in [-0.05, 0) is 12.3 Å². The minimum atomic E-state index is -0.650. The molecule has 0 unspecified atom stereocenters. The Labute approximate surface area is 141 Å². The summed E-state index contributed by atoms with van der Waals surface area (Å²) in [5, 5.41) is 6.62. The first kappa shape index (κ1) is 17.7. The fraction of sp³-hybridized carbons (Fsp3) is 0.389. The predicted molar refractivity (Wildman–Crippen MR) is 89.0 cm³/mol. The van der Waals surface area contributed by atoms with Crippen LogP contribution < -0.4 is 5.32 Å². The van der Waals surface area contributed by atoms with Crippen molar-refractivity contribution in [3.63, 3.8) is 0 Å². The first-order chi connectivity index (χ1) is 11.5. The van der Waals surface area contributed by atoms with Crippen LogP contribution in [-0.4, -0.2) is 30.2 Å². The number of amides is 1. The molecule has 1 aromatic heterocycles. The third-order valence-corrected chi connectivity index (χ3v) is 3.49. The van der Waals surface area contributed by atoms with Gasteiger partial charge in [0, 0.05) is 11.6 Å². The van der Waals surface area contributed by atoms with E-state index in [4.69, 9.17) is 9.26 Å². The molecule has 0 aliphatic rings. The Kier molecular flexibility index (Phi) is 6.12. The highest BCUT2D eigenvalue weighted by atomic mass is 16.5. The summed E-state index contributed by atoms with van der Waals surface area (Å²) in [6.45, 7) is 3.96. The molecule has 128 valence electrons. The van der Waals surface area contributed by atoms with Crippen molar-refractivity contribution in [1.29, 1.82) is 0 Å². The van der Waals surface area contributed by atoms with Gasteiger partial charge < -0.3 is 14.6 Å². The number of aromatic nitrogens is 1. The molecular weight excluding hydrogens is 308 g/mol. The van der Waals surface area contributed by atoms with Gasteiger partial charge in [0.2, 0.25) is 5.91 Å². The van der Waals surface area contributed by atoms with Crippen molar-refractivity contribution in [2.45, 2.75) is 32.7 Å². The largest absolute Gasteiger partial charge is 0.467 e. The molecule has 0 aliphatic heterocycles. The Morgan fingerprint density at radius 2 is 1.96 bits per heavy atom. The van der Waals surface area contributed by atoms with Crippen molar-refractivity contribution < 1.29 is 18.8 Å². The lowest BCUT2D eigenvalue weighted by Crippen LogP contribution is -2.43. The Morgan fingerprint density at radius 3 is 2.58 bits per heavy atom. The summed E-state index contributed by atoms with van der Waals surface area (Å²) >= 11 is 0. The van der Waals surface area contributed by atoms with E-state index in [1.807, 2.05) is 44.2 Å². The van der Waals surface area contributed by atoms with Gasteiger partial charge in [-0.2, -0.15) is 0 Å². The van der Waals surface area contributed by atoms with Crippen LogP contribution in [0, 0.1) is 5.92 Å². The molecule has 0 radical (unpaired) electrons. The molecule has 6 heteroatoms. The maximum atomic E-state index is 12.2. The molecule has 0 fully saturated rings. The van der Waals surface area contributed by atoms with Crippen LogP contribution in [-0.2, 0) is 20.7 Å². The van der Waals surface area contributed by atoms with E-state index in [1.165, 1.54) is 7.11 Å². The highest BCUT2D eigenvalue weighted by Crippen LogP contribution is 2.19. The molecule has 1 amide bonds. The molecule has 24 heavy (non-hydrogen) atoms. The number of carbonyl (C=O) groups is 2. The molecule has 0 spiro atoms. The second-order valence-corrected chi connectivity index (χ2v) is 6.00. The van der Waals surface area contributed by atoms with E-state index in [0.29, 0.717) is 17.9 Å². The highest BCUT2D eigenvalue weighted by Gasteiger charge is 2.23. The van der Waals surface area contributed by atoms with Crippen LogP contribution in [0.3, 0.4) is 0 Å². The summed E-state index contributed by atoms with van der Waals surface area (Å²) in [6, 6.07) is 10.6. The molecule has 2 rings (SSSR count). The van der Waals surface area contributed by atoms with E-state index in [9.17, 15) is 9.59 Å². The van der Waals surface area contributed by atoms with Gasteiger partial charge in [0.25, 0.3) is 0 Å². The van der Waals surface area contributed by atoms with Crippen molar-refractivity contribution in [3.8, 4) is 11.3 Å². The average Bonchev–Trinajstić information content (AvgIpc) is 3.02. The average molecular weight is 330 g/mol. The smallest absolute Gasteiger partial charge is 0.328 e. The van der Waals surface area contributed by atoms with Gasteiger partial charge in [-0.15, -0.1) is 0 Å². The van der Waals surface area contributed by atoms with E-state index in [1.54, 1.807) is 6.07 Å². The Bertz CT molecular complexity index is 679. The molecule has 0 saturated heterocycles. The molecule has 1 heterocycles. The van der Waals surface area contributed by atoms with Gasteiger partial charge in [-0.25, -0.2) is 4.79 Å². The number of esters is 1. The van der Waals surface area contributed by atoms with Gasteiger partial charge in [0.05, 0.1) is 19.2 Å². The summed E-state index contributed by atoms with van der Waals surface area (Å²) in [7, 11) is 1.31. The number of benzene rings is 1. The highest BCUT2D eigenvalue weighted by molar-refractivity contribution is 5.85.